The summed E-state index contributed by atoms with van der Waals surface area (Å²) in [6.07, 6.45) is 5.94. The van der Waals surface area contributed by atoms with Crippen LogP contribution in [0, 0.1) is 0 Å². The van der Waals surface area contributed by atoms with Crippen molar-refractivity contribution in [3.63, 3.8) is 0 Å². The Bertz CT molecular complexity index is 1150. The van der Waals surface area contributed by atoms with Crippen LogP contribution in [0.4, 0.5) is 5.69 Å². The number of nitrogens with zero attached hydrogens (tertiary/aromatic N) is 3. The summed E-state index contributed by atoms with van der Waals surface area (Å²) in [4.78, 5) is 24.2. The molecule has 0 atom stereocenters. The van der Waals surface area contributed by atoms with Gasteiger partial charge in [-0.15, -0.1) is 0 Å². The molecule has 0 fully saturated rings. The number of hydrogen-bond acceptors (Lipinski definition) is 3. The summed E-state index contributed by atoms with van der Waals surface area (Å²) >= 11 is 0. The SMILES string of the molecule is CC1(C)CC(=O)Nc2cc3nc(-c4ccc(-n5ccnc5)cc4)[nH]c3cc21. The van der Waals surface area contributed by atoms with E-state index in [1.54, 1.807) is 12.5 Å². The second-order valence-corrected chi connectivity index (χ2v) is 7.63. The summed E-state index contributed by atoms with van der Waals surface area (Å²) in [5.41, 5.74) is 5.69. The highest BCUT2D eigenvalue weighted by atomic mass is 16.1. The van der Waals surface area contributed by atoms with Gasteiger partial charge in [0.15, 0.2) is 0 Å². The molecule has 27 heavy (non-hydrogen) atoms. The van der Waals surface area contributed by atoms with Gasteiger partial charge in [0.1, 0.15) is 5.82 Å². The van der Waals surface area contributed by atoms with Crippen molar-refractivity contribution in [2.24, 2.45) is 0 Å². The smallest absolute Gasteiger partial charge is 0.225 e. The predicted octanol–water partition coefficient (Wildman–Crippen LogP) is 4.04. The largest absolute Gasteiger partial charge is 0.338 e. The normalized spacial score (nSPS) is 15.6. The molecule has 5 rings (SSSR count). The highest BCUT2D eigenvalue weighted by Gasteiger charge is 2.32. The molecule has 1 aliphatic heterocycles. The summed E-state index contributed by atoms with van der Waals surface area (Å²) < 4.78 is 1.96. The van der Waals surface area contributed by atoms with Crippen molar-refractivity contribution in [3.8, 4) is 17.1 Å². The first-order valence-electron chi connectivity index (χ1n) is 8.92. The molecular formula is C21H19N5O. The van der Waals surface area contributed by atoms with Crippen LogP contribution in [0.1, 0.15) is 25.8 Å². The molecule has 0 aliphatic carbocycles. The molecule has 0 saturated heterocycles. The van der Waals surface area contributed by atoms with E-state index in [1.165, 1.54) is 0 Å². The average molecular weight is 357 g/mol. The van der Waals surface area contributed by atoms with Crippen LogP contribution in [0.2, 0.25) is 0 Å². The van der Waals surface area contributed by atoms with Gasteiger partial charge in [0, 0.05) is 41.2 Å². The van der Waals surface area contributed by atoms with Crippen molar-refractivity contribution in [2.45, 2.75) is 25.7 Å². The van der Waals surface area contributed by atoms with Gasteiger partial charge >= 0.3 is 0 Å². The first kappa shape index (κ1) is 15.8. The van der Waals surface area contributed by atoms with E-state index in [0.717, 1.165) is 39.4 Å². The quantitative estimate of drug-likeness (QED) is 0.568. The first-order valence-corrected chi connectivity index (χ1v) is 8.92. The zero-order valence-electron chi connectivity index (χ0n) is 15.2. The molecular weight excluding hydrogens is 338 g/mol. The lowest BCUT2D eigenvalue weighted by molar-refractivity contribution is -0.117. The number of carbonyl (C=O) groups is 1. The molecule has 4 aromatic rings. The van der Waals surface area contributed by atoms with Gasteiger partial charge in [0.25, 0.3) is 0 Å². The van der Waals surface area contributed by atoms with Crippen LogP contribution in [-0.4, -0.2) is 25.4 Å². The van der Waals surface area contributed by atoms with Crippen molar-refractivity contribution in [1.29, 1.82) is 0 Å². The molecule has 0 unspecified atom stereocenters. The summed E-state index contributed by atoms with van der Waals surface area (Å²) in [6, 6.07) is 12.2. The fraction of sp³-hybridized carbons (Fsp3) is 0.190. The minimum absolute atomic E-state index is 0.0534. The van der Waals surface area contributed by atoms with Crippen molar-refractivity contribution in [1.82, 2.24) is 19.5 Å². The van der Waals surface area contributed by atoms with Gasteiger partial charge in [0.2, 0.25) is 5.91 Å². The third-order valence-electron chi connectivity index (χ3n) is 5.17. The van der Waals surface area contributed by atoms with E-state index in [1.807, 2.05) is 41.1 Å². The van der Waals surface area contributed by atoms with Crippen molar-refractivity contribution < 1.29 is 4.79 Å². The molecule has 2 aromatic heterocycles. The molecule has 2 aromatic carbocycles. The maximum Gasteiger partial charge on any atom is 0.225 e. The standard InChI is InChI=1S/C21H19N5O/c1-21(2)11-19(27)23-16-10-18-17(9-15(16)21)24-20(25-18)13-3-5-14(6-4-13)26-8-7-22-12-26/h3-10,12H,11H2,1-2H3,(H,23,27)(H,24,25). The number of imidazole rings is 2. The lowest BCUT2D eigenvalue weighted by atomic mass is 9.78. The molecule has 3 heterocycles. The molecule has 2 N–H and O–H groups in total. The van der Waals surface area contributed by atoms with Gasteiger partial charge in [-0.3, -0.25) is 4.79 Å². The Morgan fingerprint density at radius 2 is 1.96 bits per heavy atom. The minimum Gasteiger partial charge on any atom is -0.338 e. The number of H-pyrrole nitrogens is 1. The Labute approximate surface area is 156 Å². The fourth-order valence-electron chi connectivity index (χ4n) is 3.75. The average Bonchev–Trinajstić information content (AvgIpc) is 3.29. The van der Waals surface area contributed by atoms with Crippen LogP contribution >= 0.6 is 0 Å². The van der Waals surface area contributed by atoms with Crippen LogP contribution in [0.15, 0.2) is 55.1 Å². The Balaban J connectivity index is 1.56. The number of amides is 1. The van der Waals surface area contributed by atoms with E-state index in [9.17, 15) is 4.79 Å². The van der Waals surface area contributed by atoms with Gasteiger partial charge in [-0.25, -0.2) is 9.97 Å². The van der Waals surface area contributed by atoms with E-state index >= 15 is 0 Å². The Morgan fingerprint density at radius 3 is 2.70 bits per heavy atom. The fourth-order valence-corrected chi connectivity index (χ4v) is 3.75. The molecule has 0 radical (unpaired) electrons. The number of rotatable bonds is 2. The Hall–Kier alpha value is -3.41. The van der Waals surface area contributed by atoms with Crippen LogP contribution in [0.3, 0.4) is 0 Å². The molecule has 0 saturated carbocycles. The predicted molar refractivity (Wildman–Crippen MR) is 105 cm³/mol. The number of fused-ring (bicyclic) bond motifs is 2. The summed E-state index contributed by atoms with van der Waals surface area (Å²) in [6.45, 7) is 4.20. The lowest BCUT2D eigenvalue weighted by Gasteiger charge is -2.31. The Kier molecular flexibility index (Phi) is 3.25. The minimum atomic E-state index is -0.191. The lowest BCUT2D eigenvalue weighted by Crippen LogP contribution is -2.32. The highest BCUT2D eigenvalue weighted by molar-refractivity contribution is 5.98. The monoisotopic (exact) mass is 357 g/mol. The van der Waals surface area contributed by atoms with Crippen molar-refractivity contribution in [2.75, 3.05) is 5.32 Å². The van der Waals surface area contributed by atoms with Gasteiger partial charge in [-0.05, 0) is 42.0 Å². The van der Waals surface area contributed by atoms with Crippen molar-refractivity contribution >= 4 is 22.6 Å². The number of aromatic amines is 1. The molecule has 6 nitrogen and oxygen atoms in total. The second-order valence-electron chi connectivity index (χ2n) is 7.63. The van der Waals surface area contributed by atoms with Gasteiger partial charge in [-0.2, -0.15) is 0 Å². The Morgan fingerprint density at radius 1 is 1.15 bits per heavy atom. The maximum absolute atomic E-state index is 12.0. The molecule has 0 spiro atoms. The van der Waals surface area contributed by atoms with E-state index in [2.05, 4.69) is 35.2 Å². The number of benzene rings is 2. The number of carbonyl (C=O) groups excluding carboxylic acids is 1. The van der Waals surface area contributed by atoms with Crippen LogP contribution in [0.5, 0.6) is 0 Å². The first-order chi connectivity index (χ1) is 13.0. The van der Waals surface area contributed by atoms with Crippen LogP contribution in [0.25, 0.3) is 28.1 Å². The highest BCUT2D eigenvalue weighted by Crippen LogP contribution is 2.39. The maximum atomic E-state index is 12.0. The van der Waals surface area contributed by atoms with Crippen molar-refractivity contribution in [3.05, 3.63) is 60.7 Å². The van der Waals surface area contributed by atoms with Gasteiger partial charge in [-0.1, -0.05) is 13.8 Å². The summed E-state index contributed by atoms with van der Waals surface area (Å²) in [5, 5.41) is 2.98. The third kappa shape index (κ3) is 2.61. The molecule has 134 valence electrons. The van der Waals surface area contributed by atoms with Crippen LogP contribution < -0.4 is 5.32 Å². The van der Waals surface area contributed by atoms with E-state index in [-0.39, 0.29) is 11.3 Å². The van der Waals surface area contributed by atoms with Gasteiger partial charge < -0.3 is 14.9 Å². The summed E-state index contributed by atoms with van der Waals surface area (Å²) in [5.74, 6) is 0.867. The zero-order chi connectivity index (χ0) is 18.6. The van der Waals surface area contributed by atoms with Gasteiger partial charge in [0.05, 0.1) is 17.4 Å². The molecule has 1 amide bonds. The van der Waals surface area contributed by atoms with E-state index in [0.29, 0.717) is 6.42 Å². The number of aromatic nitrogens is 4. The topological polar surface area (TPSA) is 75.6 Å². The van der Waals surface area contributed by atoms with Crippen LogP contribution in [-0.2, 0) is 10.2 Å². The third-order valence-corrected chi connectivity index (χ3v) is 5.17. The molecule has 0 bridgehead atoms. The summed E-state index contributed by atoms with van der Waals surface area (Å²) in [7, 11) is 0. The molecule has 1 aliphatic rings. The second kappa shape index (κ2) is 5.54. The number of nitrogens with one attached hydrogen (secondary N) is 2. The number of hydrogen-bond donors (Lipinski definition) is 2. The number of anilines is 1. The van der Waals surface area contributed by atoms with E-state index < -0.39 is 0 Å². The van der Waals surface area contributed by atoms with E-state index in [4.69, 9.17) is 4.98 Å². The zero-order valence-corrected chi connectivity index (χ0v) is 15.2. The molecule has 6 heteroatoms.